The van der Waals surface area contributed by atoms with Crippen molar-refractivity contribution in [2.24, 2.45) is 0 Å². The van der Waals surface area contributed by atoms with Crippen LogP contribution in [0.4, 0.5) is 0 Å². The molecule has 1 saturated carbocycles. The fraction of sp³-hybridized carbons (Fsp3) is 1.00. The molecule has 0 amide bonds. The van der Waals surface area contributed by atoms with Crippen molar-refractivity contribution in [1.82, 2.24) is 10.2 Å². The summed E-state index contributed by atoms with van der Waals surface area (Å²) >= 11 is 2.07. The van der Waals surface area contributed by atoms with Gasteiger partial charge in [0.15, 0.2) is 0 Å². The van der Waals surface area contributed by atoms with Gasteiger partial charge in [0.2, 0.25) is 0 Å². The molecule has 4 atom stereocenters. The third-order valence-electron chi connectivity index (χ3n) is 4.79. The van der Waals surface area contributed by atoms with Crippen molar-refractivity contribution >= 4 is 11.8 Å². The van der Waals surface area contributed by atoms with E-state index in [1.165, 1.54) is 51.6 Å². The minimum Gasteiger partial charge on any atom is -0.309 e. The summed E-state index contributed by atoms with van der Waals surface area (Å²) in [5.41, 5.74) is 0. The van der Waals surface area contributed by atoms with Gasteiger partial charge in [0.1, 0.15) is 0 Å². The Morgan fingerprint density at radius 1 is 1.00 bits per heavy atom. The normalized spacial score (nSPS) is 44.1. The molecule has 2 saturated heterocycles. The van der Waals surface area contributed by atoms with E-state index in [-0.39, 0.29) is 0 Å². The zero-order chi connectivity index (χ0) is 11.0. The average molecular weight is 240 g/mol. The molecular weight excluding hydrogens is 216 g/mol. The molecule has 3 aliphatic rings. The second-order valence-electron chi connectivity index (χ2n) is 5.62. The number of nitrogens with zero attached hydrogens (tertiary/aromatic N) is 1. The molecule has 2 heterocycles. The van der Waals surface area contributed by atoms with Crippen molar-refractivity contribution < 1.29 is 0 Å². The number of fused-ring (bicyclic) bond motifs is 1. The van der Waals surface area contributed by atoms with Gasteiger partial charge in [-0.1, -0.05) is 6.42 Å². The third-order valence-corrected chi connectivity index (χ3v) is 5.96. The van der Waals surface area contributed by atoms with E-state index < -0.39 is 0 Å². The van der Waals surface area contributed by atoms with E-state index in [0.29, 0.717) is 0 Å². The van der Waals surface area contributed by atoms with E-state index in [4.69, 9.17) is 0 Å². The second kappa shape index (κ2) is 4.87. The second-order valence-corrected chi connectivity index (χ2v) is 6.70. The maximum atomic E-state index is 3.99. The number of thioether (sulfide) groups is 1. The highest BCUT2D eigenvalue weighted by Crippen LogP contribution is 2.32. The molecule has 0 bridgehead atoms. The summed E-state index contributed by atoms with van der Waals surface area (Å²) in [4.78, 5) is 2.71. The lowest BCUT2D eigenvalue weighted by atomic mass is 10.0. The maximum absolute atomic E-state index is 3.99. The molecule has 1 N–H and O–H groups in total. The summed E-state index contributed by atoms with van der Waals surface area (Å²) in [6.07, 6.45) is 10.8. The Hall–Kier alpha value is 0.270. The highest BCUT2D eigenvalue weighted by Gasteiger charge is 2.39. The van der Waals surface area contributed by atoms with Gasteiger partial charge in [-0.05, 0) is 44.9 Å². The van der Waals surface area contributed by atoms with Crippen LogP contribution in [-0.4, -0.2) is 47.6 Å². The molecule has 3 fully saturated rings. The van der Waals surface area contributed by atoms with Crippen LogP contribution in [-0.2, 0) is 0 Å². The molecule has 0 radical (unpaired) electrons. The van der Waals surface area contributed by atoms with Crippen LogP contribution in [0.15, 0.2) is 0 Å². The molecule has 3 heteroatoms. The molecule has 3 rings (SSSR count). The summed E-state index contributed by atoms with van der Waals surface area (Å²) in [6, 6.07) is 2.49. The Labute approximate surface area is 104 Å². The maximum Gasteiger partial charge on any atom is 0.0250 e. The Morgan fingerprint density at radius 2 is 1.94 bits per heavy atom. The molecule has 4 unspecified atom stereocenters. The lowest BCUT2D eigenvalue weighted by Gasteiger charge is -2.27. The van der Waals surface area contributed by atoms with Gasteiger partial charge >= 0.3 is 0 Å². The molecule has 16 heavy (non-hydrogen) atoms. The van der Waals surface area contributed by atoms with Crippen molar-refractivity contribution in [3.8, 4) is 0 Å². The summed E-state index contributed by atoms with van der Waals surface area (Å²) in [5.74, 6) is 0. The van der Waals surface area contributed by atoms with Gasteiger partial charge in [-0.15, -0.1) is 0 Å². The first kappa shape index (κ1) is 11.4. The summed E-state index contributed by atoms with van der Waals surface area (Å²) in [5, 5.41) is 4.87. The van der Waals surface area contributed by atoms with E-state index in [1.54, 1.807) is 0 Å². The minimum absolute atomic E-state index is 0.806. The first-order chi connectivity index (χ1) is 7.88. The van der Waals surface area contributed by atoms with Gasteiger partial charge in [0.05, 0.1) is 0 Å². The first-order valence-electron chi connectivity index (χ1n) is 6.91. The van der Waals surface area contributed by atoms with Crippen LogP contribution >= 0.6 is 11.8 Å². The number of hydrogen-bond acceptors (Lipinski definition) is 3. The molecule has 2 nitrogen and oxygen atoms in total. The number of rotatable bonds is 3. The van der Waals surface area contributed by atoms with Crippen molar-refractivity contribution in [1.29, 1.82) is 0 Å². The van der Waals surface area contributed by atoms with Crippen molar-refractivity contribution in [3.05, 3.63) is 0 Å². The minimum atomic E-state index is 0.806. The summed E-state index contributed by atoms with van der Waals surface area (Å²) in [6.45, 7) is 2.71. The monoisotopic (exact) mass is 240 g/mol. The predicted octanol–water partition coefficient (Wildman–Crippen LogP) is 2.10. The highest BCUT2D eigenvalue weighted by molar-refractivity contribution is 7.99. The molecule has 2 aliphatic heterocycles. The van der Waals surface area contributed by atoms with Crippen molar-refractivity contribution in [3.63, 3.8) is 0 Å². The fourth-order valence-corrected chi connectivity index (χ4v) is 4.90. The number of nitrogens with one attached hydrogen (secondary N) is 1. The molecular formula is C13H24N2S. The Kier molecular flexibility index (Phi) is 3.46. The van der Waals surface area contributed by atoms with Gasteiger partial charge in [-0.3, -0.25) is 4.90 Å². The molecule has 0 aromatic rings. The molecule has 1 aliphatic carbocycles. The molecule has 0 spiro atoms. The highest BCUT2D eigenvalue weighted by atomic mass is 32.2. The van der Waals surface area contributed by atoms with Gasteiger partial charge in [0.25, 0.3) is 0 Å². The van der Waals surface area contributed by atoms with Crippen LogP contribution in [0.25, 0.3) is 0 Å². The van der Waals surface area contributed by atoms with Crippen LogP contribution in [0.5, 0.6) is 0 Å². The van der Waals surface area contributed by atoms with Crippen LogP contribution in [0.2, 0.25) is 0 Å². The summed E-state index contributed by atoms with van der Waals surface area (Å²) in [7, 11) is 0. The lowest BCUT2D eigenvalue weighted by Crippen LogP contribution is -2.46. The van der Waals surface area contributed by atoms with Gasteiger partial charge in [-0.2, -0.15) is 11.8 Å². The summed E-state index contributed by atoms with van der Waals surface area (Å²) < 4.78 is 0. The quantitative estimate of drug-likeness (QED) is 0.813. The van der Waals surface area contributed by atoms with E-state index in [1.807, 2.05) is 0 Å². The fourth-order valence-electron chi connectivity index (χ4n) is 3.95. The molecule has 92 valence electrons. The topological polar surface area (TPSA) is 15.3 Å². The largest absolute Gasteiger partial charge is 0.309 e. The predicted molar refractivity (Wildman–Crippen MR) is 71.1 cm³/mol. The van der Waals surface area contributed by atoms with E-state index >= 15 is 0 Å². The van der Waals surface area contributed by atoms with E-state index in [2.05, 4.69) is 28.2 Å². The Bertz CT molecular complexity index is 246. The smallest absolute Gasteiger partial charge is 0.0250 e. The van der Waals surface area contributed by atoms with E-state index in [0.717, 1.165) is 23.4 Å². The Morgan fingerprint density at radius 3 is 2.81 bits per heavy atom. The lowest BCUT2D eigenvalue weighted by molar-refractivity contribution is 0.289. The Balaban J connectivity index is 1.58. The van der Waals surface area contributed by atoms with Crippen molar-refractivity contribution in [2.45, 2.75) is 61.9 Å². The van der Waals surface area contributed by atoms with Crippen LogP contribution in [0.3, 0.4) is 0 Å². The zero-order valence-electron chi connectivity index (χ0n) is 10.3. The first-order valence-corrected chi connectivity index (χ1v) is 8.20. The third kappa shape index (κ3) is 2.02. The molecule has 0 aromatic heterocycles. The zero-order valence-corrected chi connectivity index (χ0v) is 11.1. The SMILES string of the molecule is CSC1CCCC1NC1CCN2CCCC12. The van der Waals surface area contributed by atoms with Crippen molar-refractivity contribution in [2.75, 3.05) is 19.3 Å². The van der Waals surface area contributed by atoms with Crippen LogP contribution < -0.4 is 5.32 Å². The van der Waals surface area contributed by atoms with Gasteiger partial charge in [-0.25, -0.2) is 0 Å². The van der Waals surface area contributed by atoms with Crippen LogP contribution in [0.1, 0.15) is 38.5 Å². The van der Waals surface area contributed by atoms with Gasteiger partial charge < -0.3 is 5.32 Å². The average Bonchev–Trinajstić information content (AvgIpc) is 2.96. The standard InChI is InChI=1S/C13H24N2S/c1-16-13-6-2-4-11(13)14-10-7-9-15-8-3-5-12(10)15/h10-14H,2-9H2,1H3. The van der Waals surface area contributed by atoms with Gasteiger partial charge in [0, 0.05) is 29.9 Å². The molecule has 0 aromatic carbocycles. The number of hydrogen-bond donors (Lipinski definition) is 1. The van der Waals surface area contributed by atoms with E-state index in [9.17, 15) is 0 Å². The van der Waals surface area contributed by atoms with Crippen LogP contribution in [0, 0.1) is 0 Å².